The average molecular weight is 1340 g/mol. The first-order valence-electron chi connectivity index (χ1n) is 23.6. The molecule has 1 amide bonds. The van der Waals surface area contributed by atoms with Crippen molar-refractivity contribution in [2.45, 2.75) is 60.1 Å². The number of azo groups is 3. The summed E-state index contributed by atoms with van der Waals surface area (Å²) in [6.45, 7) is 5.41. The quantitative estimate of drug-likeness (QED) is 0.0162. The van der Waals surface area contributed by atoms with E-state index in [1.807, 2.05) is 6.07 Å². The van der Waals surface area contributed by atoms with Crippen LogP contribution in [0.3, 0.4) is 0 Å². The zero-order chi connectivity index (χ0) is 63.6. The van der Waals surface area contributed by atoms with Gasteiger partial charge < -0.3 is 15.2 Å². The lowest BCUT2D eigenvalue weighted by molar-refractivity contribution is -0.114. The van der Waals surface area contributed by atoms with Crippen molar-refractivity contribution >= 4 is 167 Å². The van der Waals surface area contributed by atoms with Crippen LogP contribution in [0.4, 0.5) is 39.3 Å². The number of aromatic nitrogens is 3. The van der Waals surface area contributed by atoms with Gasteiger partial charge in [0.15, 0.2) is 11.3 Å². The fourth-order valence-corrected chi connectivity index (χ4v) is 13.0. The summed E-state index contributed by atoms with van der Waals surface area (Å²) >= 11 is 1.88. The van der Waals surface area contributed by atoms with Gasteiger partial charge in [0, 0.05) is 34.5 Å². The normalized spacial score (nSPS) is 12.7. The van der Waals surface area contributed by atoms with Gasteiger partial charge in [-0.2, -0.15) is 52.5 Å². The number of imidazole rings is 1. The number of aryl methyl sites for hydroxylation is 2. The molecule has 3 aromatic heterocycles. The SMILES string of the molecule is CC(=O)Nc1cc(S(=O)(=O)O)c2nc3c(C#N)c(C)c(N=Nc4cc(C)c(N=Nc5cc(C)c(N=Nc6nc7c(S(=O)(=O)O)cc8ccc(S(=O)(=O)O)cc8c7s6)cc5SCCCS(=O)(=O)O)cc4OCCCS(=O)(=O)O)c(O)n3c2c1.O=S(=O)=O. The van der Waals surface area contributed by atoms with Gasteiger partial charge in [-0.3, -0.25) is 32.0 Å². The van der Waals surface area contributed by atoms with E-state index in [-0.39, 0.29) is 119 Å². The Morgan fingerprint density at radius 2 is 1.30 bits per heavy atom. The van der Waals surface area contributed by atoms with Gasteiger partial charge in [0.25, 0.3) is 50.6 Å². The van der Waals surface area contributed by atoms with Gasteiger partial charge >= 0.3 is 10.6 Å². The fourth-order valence-electron chi connectivity index (χ4n) is 8.02. The number of fused-ring (bicyclic) bond motifs is 6. The molecule has 0 fully saturated rings. The van der Waals surface area contributed by atoms with Crippen molar-refractivity contribution in [3.05, 3.63) is 82.9 Å². The van der Waals surface area contributed by atoms with Crippen LogP contribution in [0, 0.1) is 32.1 Å². The summed E-state index contributed by atoms with van der Waals surface area (Å²) in [7, 11) is -26.5. The minimum absolute atomic E-state index is 0.00755. The number of hydrogen-bond acceptors (Lipinski definition) is 27. The molecule has 0 bridgehead atoms. The highest BCUT2D eigenvalue weighted by Gasteiger charge is 2.27. The van der Waals surface area contributed by atoms with Crippen molar-refractivity contribution < 1.29 is 92.1 Å². The minimum Gasteiger partial charge on any atom is -0.493 e. The zero-order valence-electron chi connectivity index (χ0n) is 44.1. The van der Waals surface area contributed by atoms with E-state index in [9.17, 15) is 80.0 Å². The number of ether oxygens (including phenoxy) is 1. The second-order valence-electron chi connectivity index (χ2n) is 17.9. The fraction of sp³-hybridized carbons (Fsp3) is 0.217. The maximum Gasteiger partial charge on any atom is 0.425 e. The number of thioether (sulfide) groups is 1. The topological polar surface area (TPSA) is 510 Å². The Bertz CT molecular complexity index is 5010. The molecule has 0 saturated heterocycles. The van der Waals surface area contributed by atoms with Crippen LogP contribution in [0.2, 0.25) is 0 Å². The molecule has 40 heteroatoms. The van der Waals surface area contributed by atoms with Crippen molar-refractivity contribution in [1.82, 2.24) is 14.4 Å². The van der Waals surface area contributed by atoms with Crippen LogP contribution in [0.15, 0.2) is 111 Å². The highest BCUT2D eigenvalue weighted by molar-refractivity contribution is 7.99. The third-order valence-corrected chi connectivity index (χ3v) is 18.0. The number of carbonyl (C=O) groups is 1. The van der Waals surface area contributed by atoms with Crippen molar-refractivity contribution in [2.75, 3.05) is 29.2 Å². The third kappa shape index (κ3) is 15.9. The molecule has 8 aromatic rings. The first kappa shape index (κ1) is 65.6. The zero-order valence-corrected chi connectivity index (χ0v) is 50.6. The molecule has 0 aliphatic rings. The molecule has 0 radical (unpaired) electrons. The predicted molar refractivity (Wildman–Crippen MR) is 308 cm³/mol. The Morgan fingerprint density at radius 1 is 0.721 bits per heavy atom. The molecule has 0 atom stereocenters. The smallest absolute Gasteiger partial charge is 0.425 e. The Balaban J connectivity index is 0.00000256. The molecule has 0 saturated carbocycles. The Kier molecular flexibility index (Phi) is 19.5. The van der Waals surface area contributed by atoms with Crippen LogP contribution < -0.4 is 10.1 Å². The van der Waals surface area contributed by atoms with Crippen LogP contribution in [-0.2, 0) is 66.0 Å². The monoisotopic (exact) mass is 1340 g/mol. The van der Waals surface area contributed by atoms with Crippen molar-refractivity contribution in [2.24, 2.45) is 30.7 Å². The van der Waals surface area contributed by atoms with E-state index in [0.29, 0.717) is 16.0 Å². The molecule has 0 aliphatic heterocycles. The maximum absolute atomic E-state index is 12.5. The van der Waals surface area contributed by atoms with E-state index >= 15 is 0 Å². The lowest BCUT2D eigenvalue weighted by Crippen LogP contribution is -2.08. The molecule has 8 rings (SSSR count). The van der Waals surface area contributed by atoms with Gasteiger partial charge in [-0.05, 0) is 104 Å². The summed E-state index contributed by atoms with van der Waals surface area (Å²) in [5, 5.41) is 50.6. The average Bonchev–Trinajstić information content (AvgIpc) is 1.57. The lowest BCUT2D eigenvalue weighted by Gasteiger charge is -2.12. The summed E-state index contributed by atoms with van der Waals surface area (Å²) in [4.78, 5) is 19.0. The van der Waals surface area contributed by atoms with E-state index < -0.39 is 99.2 Å². The molecule has 0 spiro atoms. The van der Waals surface area contributed by atoms with Crippen LogP contribution in [0.5, 0.6) is 11.6 Å². The molecule has 7 N–H and O–H groups in total. The second-order valence-corrected chi connectivity index (χ2v) is 27.8. The molecule has 0 aliphatic carbocycles. The number of thiazole rings is 1. The van der Waals surface area contributed by atoms with Crippen LogP contribution in [0.1, 0.15) is 42.0 Å². The van der Waals surface area contributed by atoms with Crippen LogP contribution >= 0.6 is 23.1 Å². The van der Waals surface area contributed by atoms with Crippen molar-refractivity contribution in [1.29, 1.82) is 5.26 Å². The number of anilines is 1. The number of nitrogens with zero attached hydrogens (tertiary/aromatic N) is 10. The first-order valence-corrected chi connectivity index (χ1v) is 33.9. The molecular formula is C46H41N11O21S8. The lowest BCUT2D eigenvalue weighted by atomic mass is 10.1. The van der Waals surface area contributed by atoms with Gasteiger partial charge in [0.05, 0.1) is 50.3 Å². The Labute approximate surface area is 496 Å². The Hall–Kier alpha value is -7.92. The van der Waals surface area contributed by atoms with E-state index in [4.69, 9.17) is 17.4 Å². The van der Waals surface area contributed by atoms with Gasteiger partial charge in [-0.15, -0.1) is 50.0 Å². The van der Waals surface area contributed by atoms with Gasteiger partial charge in [-0.1, -0.05) is 17.4 Å². The molecule has 3 heterocycles. The Morgan fingerprint density at radius 3 is 1.91 bits per heavy atom. The maximum atomic E-state index is 12.5. The summed E-state index contributed by atoms with van der Waals surface area (Å²) in [5.74, 6) is -2.60. The molecular weight excluding hydrogens is 1300 g/mol. The number of hydrogen-bond donors (Lipinski definition) is 7. The standard InChI is InChI=1S/C46H41N11O18S7.O3S/c1-22-13-33(53-55-40-24(3)30(21-47)44-49-41-35(57(44)45(40)59)16-27(48-25(4)58)17-39(41)82(72,73)74)36(75-9-5-11-78(60,61)62)19-31(22)51-54-34-14-23(2)32(20-37(34)76-10-6-12-79(63,64)65)52-56-46-50-42-38(81(69,70)71)15-26-7-8-28(80(66,67)68)18-29(26)43(42)77-46;1-4(2)3/h7-8,13-20,59H,5-6,9-12H2,1-4H3,(H,48,58)(H,60,61,62)(H,63,64,65)(H,66,67,68)(H,69,70,71)(H,72,73,74);. The van der Waals surface area contributed by atoms with Gasteiger partial charge in [0.1, 0.15) is 43.9 Å². The van der Waals surface area contributed by atoms with Crippen molar-refractivity contribution in [3.63, 3.8) is 0 Å². The second kappa shape index (κ2) is 25.6. The first-order chi connectivity index (χ1) is 39.9. The summed E-state index contributed by atoms with van der Waals surface area (Å²) in [6, 6.07) is 14.4. The summed E-state index contributed by atoms with van der Waals surface area (Å²) in [5.41, 5.74) is -0.493. The molecule has 454 valence electrons. The molecule has 5 aromatic carbocycles. The number of nitriles is 1. The van der Waals surface area contributed by atoms with Gasteiger partial charge in [-0.25, -0.2) is 9.97 Å². The van der Waals surface area contributed by atoms with Crippen LogP contribution in [0.25, 0.3) is 37.7 Å². The summed E-state index contributed by atoms with van der Waals surface area (Å²) in [6.07, 6.45) is -0.244. The van der Waals surface area contributed by atoms with E-state index in [1.165, 1.54) is 37.3 Å². The highest BCUT2D eigenvalue weighted by Crippen LogP contribution is 2.45. The van der Waals surface area contributed by atoms with E-state index in [2.05, 4.69) is 46.0 Å². The number of carbonyl (C=O) groups excluding carboxylic acids is 1. The number of pyridine rings is 1. The van der Waals surface area contributed by atoms with E-state index in [0.717, 1.165) is 58.7 Å². The highest BCUT2D eigenvalue weighted by atomic mass is 32.2. The predicted octanol–water partition coefficient (Wildman–Crippen LogP) is 8.72. The third-order valence-electron chi connectivity index (χ3n) is 11.7. The summed E-state index contributed by atoms with van der Waals surface area (Å²) < 4.78 is 201. The number of aromatic hydroxyl groups is 1. The minimum atomic E-state index is -5.01. The van der Waals surface area contributed by atoms with Gasteiger partial charge in [0.2, 0.25) is 16.9 Å². The number of nitrogens with one attached hydrogen (secondary N) is 1. The van der Waals surface area contributed by atoms with Crippen LogP contribution in [-0.4, -0.2) is 127 Å². The molecule has 32 nitrogen and oxygen atoms in total. The molecule has 86 heavy (non-hydrogen) atoms. The molecule has 0 unspecified atom stereocenters. The van der Waals surface area contributed by atoms with Crippen molar-refractivity contribution in [3.8, 4) is 17.7 Å². The van der Waals surface area contributed by atoms with E-state index in [1.54, 1.807) is 19.9 Å². The number of rotatable bonds is 20. The number of benzene rings is 5. The number of amides is 1. The largest absolute Gasteiger partial charge is 0.493 e.